The molecule has 1 fully saturated rings. The van der Waals surface area contributed by atoms with Crippen LogP contribution in [0.25, 0.3) is 11.1 Å². The number of benzene rings is 1. The number of aromatic carboxylic acids is 1. The number of carboxylic acid groups (broad SMARTS) is 1. The quantitative estimate of drug-likeness (QED) is 0.930. The molecular formula is C18H20N2O4. The van der Waals surface area contributed by atoms with Gasteiger partial charge in [-0.25, -0.2) is 9.78 Å². The Morgan fingerprint density at radius 3 is 2.67 bits per heavy atom. The van der Waals surface area contributed by atoms with Gasteiger partial charge in [0, 0.05) is 30.4 Å². The molecule has 1 aliphatic rings. The molecule has 0 aliphatic carbocycles. The van der Waals surface area contributed by atoms with Gasteiger partial charge in [-0.05, 0) is 36.8 Å². The smallest absolute Gasteiger partial charge is 0.335 e. The molecule has 1 aliphatic heterocycles. The minimum Gasteiger partial charge on any atom is -0.496 e. The number of hydrogen-bond donors (Lipinski definition) is 1. The fourth-order valence-corrected chi connectivity index (χ4v) is 2.89. The first-order valence-corrected chi connectivity index (χ1v) is 7.81. The van der Waals surface area contributed by atoms with E-state index in [9.17, 15) is 9.90 Å². The summed E-state index contributed by atoms with van der Waals surface area (Å²) in [5, 5.41) is 9.21. The molecule has 2 heterocycles. The molecule has 0 unspecified atom stereocenters. The Kier molecular flexibility index (Phi) is 4.66. The molecule has 6 nitrogen and oxygen atoms in total. The van der Waals surface area contributed by atoms with E-state index in [0.717, 1.165) is 35.6 Å². The Labute approximate surface area is 140 Å². The molecule has 24 heavy (non-hydrogen) atoms. The van der Waals surface area contributed by atoms with Crippen molar-refractivity contribution in [2.45, 2.75) is 6.92 Å². The van der Waals surface area contributed by atoms with Crippen LogP contribution in [0.2, 0.25) is 0 Å². The summed E-state index contributed by atoms with van der Waals surface area (Å²) < 4.78 is 10.8. The van der Waals surface area contributed by atoms with Crippen molar-refractivity contribution in [3.05, 3.63) is 41.6 Å². The third-order valence-corrected chi connectivity index (χ3v) is 4.12. The van der Waals surface area contributed by atoms with Crippen molar-refractivity contribution in [2.24, 2.45) is 0 Å². The van der Waals surface area contributed by atoms with Gasteiger partial charge in [-0.1, -0.05) is 0 Å². The van der Waals surface area contributed by atoms with Gasteiger partial charge in [0.25, 0.3) is 0 Å². The van der Waals surface area contributed by atoms with Gasteiger partial charge in [-0.3, -0.25) is 0 Å². The van der Waals surface area contributed by atoms with E-state index in [0.29, 0.717) is 19.0 Å². The van der Waals surface area contributed by atoms with Crippen molar-refractivity contribution < 1.29 is 19.4 Å². The largest absolute Gasteiger partial charge is 0.496 e. The topological polar surface area (TPSA) is 71.9 Å². The minimum atomic E-state index is -0.964. The Hall–Kier alpha value is -2.60. The van der Waals surface area contributed by atoms with Crippen LogP contribution in [0, 0.1) is 6.92 Å². The van der Waals surface area contributed by atoms with E-state index in [4.69, 9.17) is 9.47 Å². The third-order valence-electron chi connectivity index (χ3n) is 4.12. The number of ether oxygens (including phenoxy) is 2. The Bertz CT molecular complexity index is 755. The Morgan fingerprint density at radius 1 is 1.29 bits per heavy atom. The summed E-state index contributed by atoms with van der Waals surface area (Å²) in [7, 11) is 1.57. The SMILES string of the molecule is COc1ccc(C(=O)O)cc1-c1cnc(N2CCOCC2)c(C)c1. The van der Waals surface area contributed by atoms with E-state index in [1.807, 2.05) is 13.0 Å². The molecule has 3 rings (SSSR count). The second-order valence-corrected chi connectivity index (χ2v) is 5.68. The normalized spacial score (nSPS) is 14.5. The van der Waals surface area contributed by atoms with Crippen molar-refractivity contribution in [1.82, 2.24) is 4.98 Å². The maximum absolute atomic E-state index is 11.2. The molecular weight excluding hydrogens is 308 g/mol. The molecule has 126 valence electrons. The zero-order valence-electron chi connectivity index (χ0n) is 13.8. The number of nitrogens with zero attached hydrogens (tertiary/aromatic N) is 2. The van der Waals surface area contributed by atoms with Gasteiger partial charge >= 0.3 is 5.97 Å². The van der Waals surface area contributed by atoms with Gasteiger partial charge in [0.05, 0.1) is 25.9 Å². The first-order chi connectivity index (χ1) is 11.6. The van der Waals surface area contributed by atoms with Gasteiger partial charge in [0.15, 0.2) is 0 Å². The lowest BCUT2D eigenvalue weighted by Gasteiger charge is -2.29. The van der Waals surface area contributed by atoms with Gasteiger partial charge in [0.1, 0.15) is 11.6 Å². The van der Waals surface area contributed by atoms with E-state index in [2.05, 4.69) is 9.88 Å². The molecule has 1 aromatic carbocycles. The lowest BCUT2D eigenvalue weighted by atomic mass is 10.0. The highest BCUT2D eigenvalue weighted by molar-refractivity contribution is 5.90. The number of carbonyl (C=O) groups is 1. The van der Waals surface area contributed by atoms with Crippen LogP contribution in [0.15, 0.2) is 30.5 Å². The number of hydrogen-bond acceptors (Lipinski definition) is 5. The van der Waals surface area contributed by atoms with E-state index in [-0.39, 0.29) is 5.56 Å². The summed E-state index contributed by atoms with van der Waals surface area (Å²) in [4.78, 5) is 18.0. The number of anilines is 1. The number of aromatic nitrogens is 1. The maximum atomic E-state index is 11.2. The second kappa shape index (κ2) is 6.88. The molecule has 0 radical (unpaired) electrons. The lowest BCUT2D eigenvalue weighted by molar-refractivity contribution is 0.0697. The highest BCUT2D eigenvalue weighted by Gasteiger charge is 2.17. The van der Waals surface area contributed by atoms with Crippen LogP contribution in [0.5, 0.6) is 5.75 Å². The first kappa shape index (κ1) is 16.3. The van der Waals surface area contributed by atoms with Gasteiger partial charge in [-0.2, -0.15) is 0 Å². The molecule has 6 heteroatoms. The van der Waals surface area contributed by atoms with Crippen molar-refractivity contribution >= 4 is 11.8 Å². The number of pyridine rings is 1. The number of rotatable bonds is 4. The predicted molar refractivity (Wildman–Crippen MR) is 91.0 cm³/mol. The molecule has 1 saturated heterocycles. The molecule has 0 amide bonds. The van der Waals surface area contributed by atoms with Crippen LogP contribution in [-0.4, -0.2) is 49.5 Å². The molecule has 0 atom stereocenters. The van der Waals surface area contributed by atoms with Gasteiger partial charge in [0.2, 0.25) is 0 Å². The van der Waals surface area contributed by atoms with Crippen LogP contribution in [0.3, 0.4) is 0 Å². The maximum Gasteiger partial charge on any atom is 0.335 e. The number of methoxy groups -OCH3 is 1. The average molecular weight is 328 g/mol. The summed E-state index contributed by atoms with van der Waals surface area (Å²) in [6.07, 6.45) is 1.77. The summed E-state index contributed by atoms with van der Waals surface area (Å²) in [5.41, 5.74) is 2.82. The van der Waals surface area contributed by atoms with E-state index in [1.165, 1.54) is 6.07 Å². The van der Waals surface area contributed by atoms with Crippen molar-refractivity contribution in [3.8, 4) is 16.9 Å². The summed E-state index contributed by atoms with van der Waals surface area (Å²) in [5.74, 6) is 0.601. The predicted octanol–water partition coefficient (Wildman–Crippen LogP) is 2.60. The van der Waals surface area contributed by atoms with Crippen molar-refractivity contribution in [3.63, 3.8) is 0 Å². The Balaban J connectivity index is 1.99. The van der Waals surface area contributed by atoms with Crippen LogP contribution in [-0.2, 0) is 4.74 Å². The highest BCUT2D eigenvalue weighted by atomic mass is 16.5. The molecule has 0 spiro atoms. The van der Waals surface area contributed by atoms with Crippen LogP contribution >= 0.6 is 0 Å². The van der Waals surface area contributed by atoms with Gasteiger partial charge < -0.3 is 19.5 Å². The summed E-state index contributed by atoms with van der Waals surface area (Å²) in [6.45, 7) is 5.07. The number of morpholine rings is 1. The van der Waals surface area contributed by atoms with Crippen LogP contribution in [0.1, 0.15) is 15.9 Å². The molecule has 2 aromatic rings. The van der Waals surface area contributed by atoms with E-state index >= 15 is 0 Å². The second-order valence-electron chi connectivity index (χ2n) is 5.68. The highest BCUT2D eigenvalue weighted by Crippen LogP contribution is 2.33. The standard InChI is InChI=1S/C18H20N2O4/c1-12-9-14(11-19-17(12)20-5-7-24-8-6-20)15-10-13(18(21)22)3-4-16(15)23-2/h3-4,9-11H,5-8H2,1-2H3,(H,21,22). The van der Waals surface area contributed by atoms with Gasteiger partial charge in [-0.15, -0.1) is 0 Å². The number of aryl methyl sites for hydroxylation is 1. The zero-order valence-corrected chi connectivity index (χ0v) is 13.8. The fraction of sp³-hybridized carbons (Fsp3) is 0.333. The summed E-state index contributed by atoms with van der Waals surface area (Å²) >= 11 is 0. The van der Waals surface area contributed by atoms with Crippen molar-refractivity contribution in [2.75, 3.05) is 38.3 Å². The molecule has 1 aromatic heterocycles. The average Bonchev–Trinajstić information content (AvgIpc) is 2.61. The summed E-state index contributed by atoms with van der Waals surface area (Å²) in [6, 6.07) is 6.84. The first-order valence-electron chi connectivity index (χ1n) is 7.81. The van der Waals surface area contributed by atoms with Crippen LogP contribution in [0.4, 0.5) is 5.82 Å². The van der Waals surface area contributed by atoms with Crippen LogP contribution < -0.4 is 9.64 Å². The molecule has 1 N–H and O–H groups in total. The molecule has 0 bridgehead atoms. The van der Waals surface area contributed by atoms with E-state index < -0.39 is 5.97 Å². The van der Waals surface area contributed by atoms with Crippen molar-refractivity contribution in [1.29, 1.82) is 0 Å². The Morgan fingerprint density at radius 2 is 2.04 bits per heavy atom. The zero-order chi connectivity index (χ0) is 17.1. The van der Waals surface area contributed by atoms with E-state index in [1.54, 1.807) is 25.4 Å². The lowest BCUT2D eigenvalue weighted by Crippen LogP contribution is -2.37. The monoisotopic (exact) mass is 328 g/mol. The third kappa shape index (κ3) is 3.19. The fourth-order valence-electron chi connectivity index (χ4n) is 2.89. The number of carboxylic acids is 1. The minimum absolute atomic E-state index is 0.223. The molecule has 0 saturated carbocycles.